The fraction of sp³-hybridized carbons (Fsp3) is 0.476. The summed E-state index contributed by atoms with van der Waals surface area (Å²) in [6.45, 7) is 1.94. The van der Waals surface area contributed by atoms with E-state index in [2.05, 4.69) is 5.32 Å². The zero-order valence-electron chi connectivity index (χ0n) is 17.8. The predicted octanol–water partition coefficient (Wildman–Crippen LogP) is -1.37. The van der Waals surface area contributed by atoms with Gasteiger partial charge in [-0.2, -0.15) is 0 Å². The number of aliphatic carboxylic acids is 1. The molecule has 3 rings (SSSR count). The molecule has 5 unspecified atom stereocenters. The standard InChI is InChI=1S/C21H25NO11/c1-9-5-16(27)31-15-6-11(3-4-12(9)15)32-21(20(29)30)7-13(25)17(22-10(2)24)19(33-21)18(28)14(26)8-23/h3-6,13-14,17-19,23,25-26,28H,7-8H2,1-2H3,(H,22,24)(H,29,30)/t13?,14?,17?,18?,19?,21-/m0/s1. The van der Waals surface area contributed by atoms with Crippen molar-refractivity contribution in [2.24, 2.45) is 0 Å². The van der Waals surface area contributed by atoms with E-state index >= 15 is 0 Å². The topological polar surface area (TPSA) is 196 Å². The number of carbonyl (C=O) groups excluding carboxylic acids is 1. The third kappa shape index (κ3) is 4.99. The Morgan fingerprint density at radius 1 is 1.30 bits per heavy atom. The van der Waals surface area contributed by atoms with Gasteiger partial charge in [-0.15, -0.1) is 0 Å². The number of aliphatic hydroxyl groups excluding tert-OH is 4. The Bertz CT molecular complexity index is 1100. The van der Waals surface area contributed by atoms with Gasteiger partial charge in [-0.25, -0.2) is 9.59 Å². The van der Waals surface area contributed by atoms with Gasteiger partial charge in [0.25, 0.3) is 0 Å². The molecule has 1 aliphatic heterocycles. The third-order valence-corrected chi connectivity index (χ3v) is 5.39. The van der Waals surface area contributed by atoms with Crippen molar-refractivity contribution in [1.82, 2.24) is 5.32 Å². The van der Waals surface area contributed by atoms with E-state index in [9.17, 15) is 39.9 Å². The molecule has 1 saturated heterocycles. The summed E-state index contributed by atoms with van der Waals surface area (Å²) < 4.78 is 16.3. The van der Waals surface area contributed by atoms with Crippen LogP contribution in [-0.2, 0) is 14.3 Å². The van der Waals surface area contributed by atoms with Crippen LogP contribution >= 0.6 is 0 Å². The first-order valence-corrected chi connectivity index (χ1v) is 10.0. The van der Waals surface area contributed by atoms with Crippen molar-refractivity contribution < 1.29 is 49.0 Å². The summed E-state index contributed by atoms with van der Waals surface area (Å²) in [4.78, 5) is 35.5. The van der Waals surface area contributed by atoms with E-state index in [1.807, 2.05) is 0 Å². The number of hydrogen-bond donors (Lipinski definition) is 6. The number of carbonyl (C=O) groups is 2. The number of rotatable bonds is 7. The maximum absolute atomic E-state index is 12.2. The molecule has 0 spiro atoms. The monoisotopic (exact) mass is 467 g/mol. The van der Waals surface area contributed by atoms with Crippen LogP contribution in [0.2, 0.25) is 0 Å². The molecule has 0 aliphatic carbocycles. The van der Waals surface area contributed by atoms with Gasteiger partial charge in [0.15, 0.2) is 0 Å². The summed E-state index contributed by atoms with van der Waals surface area (Å²) in [5, 5.41) is 53.0. The number of carboxylic acids is 1. The van der Waals surface area contributed by atoms with Crippen LogP contribution in [0.5, 0.6) is 5.75 Å². The highest BCUT2D eigenvalue weighted by Crippen LogP contribution is 2.35. The number of fused-ring (bicyclic) bond motifs is 1. The van der Waals surface area contributed by atoms with Crippen LogP contribution in [0.1, 0.15) is 18.9 Å². The second kappa shape index (κ2) is 9.45. The van der Waals surface area contributed by atoms with E-state index in [0.29, 0.717) is 10.9 Å². The summed E-state index contributed by atoms with van der Waals surface area (Å²) in [6, 6.07) is 4.21. The molecule has 1 aliphatic rings. The predicted molar refractivity (Wildman–Crippen MR) is 110 cm³/mol. The molecular weight excluding hydrogens is 442 g/mol. The van der Waals surface area contributed by atoms with Gasteiger partial charge < -0.3 is 44.7 Å². The molecule has 33 heavy (non-hydrogen) atoms. The lowest BCUT2D eigenvalue weighted by Crippen LogP contribution is -2.68. The third-order valence-electron chi connectivity index (χ3n) is 5.39. The first kappa shape index (κ1) is 24.6. The van der Waals surface area contributed by atoms with Crippen LogP contribution in [0.15, 0.2) is 33.5 Å². The van der Waals surface area contributed by atoms with E-state index in [0.717, 1.165) is 6.92 Å². The minimum Gasteiger partial charge on any atom is -0.476 e. The minimum atomic E-state index is -2.55. The fourth-order valence-corrected chi connectivity index (χ4v) is 3.79. The number of aryl methyl sites for hydroxylation is 1. The molecule has 180 valence electrons. The second-order valence-corrected chi connectivity index (χ2v) is 7.89. The van der Waals surface area contributed by atoms with Gasteiger partial charge in [0, 0.05) is 24.4 Å². The number of benzene rings is 1. The Morgan fingerprint density at radius 3 is 2.61 bits per heavy atom. The fourth-order valence-electron chi connectivity index (χ4n) is 3.79. The van der Waals surface area contributed by atoms with Crippen molar-refractivity contribution in [3.05, 3.63) is 40.2 Å². The van der Waals surface area contributed by atoms with E-state index in [-0.39, 0.29) is 11.3 Å². The average molecular weight is 467 g/mol. The lowest BCUT2D eigenvalue weighted by atomic mass is 9.88. The van der Waals surface area contributed by atoms with Gasteiger partial charge in [-0.1, -0.05) is 0 Å². The zero-order chi connectivity index (χ0) is 24.5. The number of hydrogen-bond acceptors (Lipinski definition) is 10. The van der Waals surface area contributed by atoms with Crippen molar-refractivity contribution in [2.75, 3.05) is 6.61 Å². The highest BCUT2D eigenvalue weighted by atomic mass is 16.7. The summed E-state index contributed by atoms with van der Waals surface area (Å²) in [7, 11) is 0. The van der Waals surface area contributed by atoms with Gasteiger partial charge in [-0.3, -0.25) is 4.79 Å². The van der Waals surface area contributed by atoms with Crippen LogP contribution in [0, 0.1) is 6.92 Å². The number of carboxylic acid groups (broad SMARTS) is 1. The Kier molecular flexibility index (Phi) is 7.05. The first-order valence-electron chi connectivity index (χ1n) is 10.0. The van der Waals surface area contributed by atoms with Gasteiger partial charge in [0.05, 0.1) is 25.2 Å². The van der Waals surface area contributed by atoms with Crippen LogP contribution in [0.25, 0.3) is 11.0 Å². The van der Waals surface area contributed by atoms with E-state index in [1.165, 1.54) is 18.2 Å². The molecule has 1 fully saturated rings. The largest absolute Gasteiger partial charge is 0.476 e. The van der Waals surface area contributed by atoms with Crippen LogP contribution in [0.3, 0.4) is 0 Å². The van der Waals surface area contributed by atoms with Crippen LogP contribution in [-0.4, -0.2) is 80.3 Å². The van der Waals surface area contributed by atoms with E-state index in [1.54, 1.807) is 13.0 Å². The van der Waals surface area contributed by atoms with Crippen LogP contribution in [0.4, 0.5) is 0 Å². The Morgan fingerprint density at radius 2 is 2.00 bits per heavy atom. The Labute approximate surface area is 187 Å². The quantitative estimate of drug-likeness (QED) is 0.263. The molecule has 6 N–H and O–H groups in total. The Balaban J connectivity index is 2.01. The molecule has 2 aromatic rings. The maximum Gasteiger partial charge on any atom is 0.377 e. The highest BCUT2D eigenvalue weighted by Gasteiger charge is 2.56. The van der Waals surface area contributed by atoms with Crippen molar-refractivity contribution in [3.8, 4) is 5.75 Å². The molecule has 12 nitrogen and oxygen atoms in total. The van der Waals surface area contributed by atoms with Crippen molar-refractivity contribution in [3.63, 3.8) is 0 Å². The number of amides is 1. The van der Waals surface area contributed by atoms with Gasteiger partial charge in [-0.05, 0) is 24.6 Å². The zero-order valence-corrected chi connectivity index (χ0v) is 17.8. The molecule has 0 radical (unpaired) electrons. The van der Waals surface area contributed by atoms with Crippen LogP contribution < -0.4 is 15.7 Å². The normalized spacial score (nSPS) is 27.0. The van der Waals surface area contributed by atoms with Gasteiger partial charge in [0.1, 0.15) is 29.6 Å². The molecule has 2 heterocycles. The SMILES string of the molecule is CC(=O)NC1C(O)C[C@@](Oc2ccc3c(C)cc(=O)oc3c2)(C(=O)O)OC1C(O)C(O)CO. The summed E-state index contributed by atoms with van der Waals surface area (Å²) in [6.07, 6.45) is -7.56. The maximum atomic E-state index is 12.2. The van der Waals surface area contributed by atoms with Crippen molar-refractivity contribution in [2.45, 2.75) is 56.5 Å². The average Bonchev–Trinajstić information content (AvgIpc) is 2.73. The molecule has 12 heteroatoms. The lowest BCUT2D eigenvalue weighted by Gasteiger charge is -2.46. The van der Waals surface area contributed by atoms with Crippen molar-refractivity contribution in [1.29, 1.82) is 0 Å². The Hall–Kier alpha value is -3.03. The van der Waals surface area contributed by atoms with Crippen molar-refractivity contribution >= 4 is 22.8 Å². The van der Waals surface area contributed by atoms with Gasteiger partial charge >= 0.3 is 17.4 Å². The smallest absolute Gasteiger partial charge is 0.377 e. The highest BCUT2D eigenvalue weighted by molar-refractivity contribution is 5.82. The summed E-state index contributed by atoms with van der Waals surface area (Å²) in [5.41, 5.74) is 0.135. The minimum absolute atomic E-state index is 0.0835. The number of ether oxygens (including phenoxy) is 2. The summed E-state index contributed by atoms with van der Waals surface area (Å²) >= 11 is 0. The molecule has 6 atom stereocenters. The first-order chi connectivity index (χ1) is 15.5. The molecule has 1 aromatic carbocycles. The van der Waals surface area contributed by atoms with E-state index in [4.69, 9.17) is 13.9 Å². The van der Waals surface area contributed by atoms with E-state index < -0.39 is 66.8 Å². The number of nitrogens with one attached hydrogen (secondary N) is 1. The lowest BCUT2D eigenvalue weighted by molar-refractivity contribution is -0.284. The van der Waals surface area contributed by atoms with Gasteiger partial charge in [0.2, 0.25) is 5.91 Å². The molecular formula is C21H25NO11. The number of aliphatic hydroxyl groups is 4. The molecule has 0 bridgehead atoms. The second-order valence-electron chi connectivity index (χ2n) is 7.89. The molecule has 0 saturated carbocycles. The molecule has 1 aromatic heterocycles. The summed E-state index contributed by atoms with van der Waals surface area (Å²) in [5.74, 6) is -4.90. The molecule has 1 amide bonds.